The molecule has 0 saturated carbocycles. The number of furan rings is 1. The van der Waals surface area contributed by atoms with E-state index in [9.17, 15) is 9.59 Å². The second-order valence-electron chi connectivity index (χ2n) is 9.13. The van der Waals surface area contributed by atoms with Crippen molar-refractivity contribution in [2.45, 2.75) is 76.5 Å². The van der Waals surface area contributed by atoms with E-state index in [1.807, 2.05) is 18.2 Å². The van der Waals surface area contributed by atoms with Gasteiger partial charge >= 0.3 is 0 Å². The summed E-state index contributed by atoms with van der Waals surface area (Å²) in [4.78, 5) is 26.3. The standard InChI is InChI=1S/C27H34N2O3/c30-26-15-13-22(27(31)28-26)24-20-32-25-14-12-21(19-23(24)25)11-7-4-2-1-3-5-8-16-29-17-9-6-10-18-29/h12,14,19-20,22H,1-6,8-10,13,15-18H2,(H,28,30,31). The minimum atomic E-state index is -0.341. The van der Waals surface area contributed by atoms with Crippen molar-refractivity contribution in [2.75, 3.05) is 19.6 Å². The highest BCUT2D eigenvalue weighted by Gasteiger charge is 2.30. The zero-order valence-electron chi connectivity index (χ0n) is 19.0. The molecule has 1 unspecified atom stereocenters. The lowest BCUT2D eigenvalue weighted by atomic mass is 9.90. The van der Waals surface area contributed by atoms with E-state index in [1.165, 1.54) is 64.6 Å². The second-order valence-corrected chi connectivity index (χ2v) is 9.13. The van der Waals surface area contributed by atoms with Gasteiger partial charge in [0, 0.05) is 29.4 Å². The number of hydrogen-bond donors (Lipinski definition) is 1. The maximum atomic E-state index is 12.2. The van der Waals surface area contributed by atoms with Crippen LogP contribution in [0.5, 0.6) is 0 Å². The third kappa shape index (κ3) is 6.01. The molecule has 2 aromatic rings. The zero-order chi connectivity index (χ0) is 22.2. The van der Waals surface area contributed by atoms with E-state index in [-0.39, 0.29) is 17.7 Å². The molecule has 170 valence electrons. The monoisotopic (exact) mass is 434 g/mol. The Bertz CT molecular complexity index is 991. The zero-order valence-corrected chi connectivity index (χ0v) is 19.0. The van der Waals surface area contributed by atoms with Crippen LogP contribution >= 0.6 is 0 Å². The fraction of sp³-hybridized carbons (Fsp3) is 0.556. The molecule has 1 aromatic carbocycles. The summed E-state index contributed by atoms with van der Waals surface area (Å²) in [7, 11) is 0. The molecule has 2 aliphatic heterocycles. The van der Waals surface area contributed by atoms with Gasteiger partial charge in [0.2, 0.25) is 11.8 Å². The van der Waals surface area contributed by atoms with Crippen LogP contribution in [0.2, 0.25) is 0 Å². The smallest absolute Gasteiger partial charge is 0.234 e. The van der Waals surface area contributed by atoms with Crippen molar-refractivity contribution in [3.05, 3.63) is 35.6 Å². The molecule has 1 N–H and O–H groups in total. The van der Waals surface area contributed by atoms with E-state index in [2.05, 4.69) is 22.1 Å². The molecular formula is C27H34N2O3. The molecule has 4 rings (SSSR count). The Kier molecular flexibility index (Phi) is 8.01. The lowest BCUT2D eigenvalue weighted by Crippen LogP contribution is -2.39. The molecule has 0 radical (unpaired) electrons. The number of benzene rings is 1. The number of imide groups is 1. The molecule has 3 heterocycles. The molecular weight excluding hydrogens is 400 g/mol. The van der Waals surface area contributed by atoms with Gasteiger partial charge in [-0.2, -0.15) is 0 Å². The van der Waals surface area contributed by atoms with Gasteiger partial charge in [0.1, 0.15) is 5.58 Å². The maximum absolute atomic E-state index is 12.2. The molecule has 0 bridgehead atoms. The van der Waals surface area contributed by atoms with E-state index in [4.69, 9.17) is 4.42 Å². The molecule has 5 nitrogen and oxygen atoms in total. The Morgan fingerprint density at radius 2 is 1.84 bits per heavy atom. The number of nitrogens with zero attached hydrogens (tertiary/aromatic N) is 1. The van der Waals surface area contributed by atoms with Crippen LogP contribution in [0.3, 0.4) is 0 Å². The molecule has 5 heteroatoms. The van der Waals surface area contributed by atoms with E-state index in [0.29, 0.717) is 12.8 Å². The van der Waals surface area contributed by atoms with Crippen molar-refractivity contribution >= 4 is 22.8 Å². The maximum Gasteiger partial charge on any atom is 0.234 e. The Balaban J connectivity index is 1.22. The lowest BCUT2D eigenvalue weighted by Gasteiger charge is -2.26. The van der Waals surface area contributed by atoms with Gasteiger partial charge in [-0.1, -0.05) is 37.5 Å². The Labute approximate surface area is 190 Å². The number of carbonyl (C=O) groups excluding carboxylic acids is 2. The van der Waals surface area contributed by atoms with E-state index in [1.54, 1.807) is 6.26 Å². The highest BCUT2D eigenvalue weighted by atomic mass is 16.3. The SMILES string of the molecule is O=C1CCC(c2coc3ccc(C#CCCCCCCCN4CCCCC4)cc23)C(=O)N1. The Morgan fingerprint density at radius 1 is 1.03 bits per heavy atom. The topological polar surface area (TPSA) is 62.6 Å². The molecule has 1 aromatic heterocycles. The second kappa shape index (κ2) is 11.3. The molecule has 0 spiro atoms. The number of piperidine rings is 2. The molecule has 2 saturated heterocycles. The predicted molar refractivity (Wildman–Crippen MR) is 126 cm³/mol. The quantitative estimate of drug-likeness (QED) is 0.355. The largest absolute Gasteiger partial charge is 0.464 e. The summed E-state index contributed by atoms with van der Waals surface area (Å²) < 4.78 is 5.64. The summed E-state index contributed by atoms with van der Waals surface area (Å²) in [5, 5.41) is 3.35. The van der Waals surface area contributed by atoms with Crippen molar-refractivity contribution in [2.24, 2.45) is 0 Å². The molecule has 32 heavy (non-hydrogen) atoms. The minimum Gasteiger partial charge on any atom is -0.464 e. The van der Waals surface area contributed by atoms with Crippen molar-refractivity contribution < 1.29 is 14.0 Å². The summed E-state index contributed by atoms with van der Waals surface area (Å²) in [6.07, 6.45) is 13.9. The van der Waals surface area contributed by atoms with Crippen LogP contribution in [0, 0.1) is 11.8 Å². The van der Waals surface area contributed by atoms with Crippen molar-refractivity contribution in [3.8, 4) is 11.8 Å². The number of fused-ring (bicyclic) bond motifs is 1. The number of rotatable bonds is 8. The van der Waals surface area contributed by atoms with Crippen molar-refractivity contribution in [1.82, 2.24) is 10.2 Å². The van der Waals surface area contributed by atoms with E-state index >= 15 is 0 Å². The number of hydrogen-bond acceptors (Lipinski definition) is 4. The number of likely N-dealkylation sites (tertiary alicyclic amines) is 1. The van der Waals surface area contributed by atoms with Gasteiger partial charge < -0.3 is 9.32 Å². The lowest BCUT2D eigenvalue weighted by molar-refractivity contribution is -0.134. The fourth-order valence-electron chi connectivity index (χ4n) is 4.81. The average molecular weight is 435 g/mol. The third-order valence-electron chi connectivity index (χ3n) is 6.68. The summed E-state index contributed by atoms with van der Waals surface area (Å²) in [5.74, 6) is 5.79. The van der Waals surface area contributed by atoms with E-state index < -0.39 is 0 Å². The van der Waals surface area contributed by atoms with E-state index in [0.717, 1.165) is 34.9 Å². The van der Waals surface area contributed by atoms with Crippen LogP contribution in [0.4, 0.5) is 0 Å². The van der Waals surface area contributed by atoms with Crippen LogP contribution < -0.4 is 5.32 Å². The van der Waals surface area contributed by atoms with Gasteiger partial charge in [-0.15, -0.1) is 0 Å². The Morgan fingerprint density at radius 3 is 2.69 bits per heavy atom. The molecule has 0 aliphatic carbocycles. The normalized spacial score (nSPS) is 19.6. The van der Waals surface area contributed by atoms with Crippen LogP contribution in [0.1, 0.15) is 87.7 Å². The van der Waals surface area contributed by atoms with Gasteiger partial charge in [-0.25, -0.2) is 0 Å². The van der Waals surface area contributed by atoms with Crippen LogP contribution in [-0.2, 0) is 9.59 Å². The summed E-state index contributed by atoms with van der Waals surface area (Å²) in [6, 6.07) is 5.89. The predicted octanol–water partition coefficient (Wildman–Crippen LogP) is 5.13. The first-order valence-electron chi connectivity index (χ1n) is 12.3. The Hall–Kier alpha value is -2.58. The molecule has 2 fully saturated rings. The first kappa shape index (κ1) is 22.6. The van der Waals surface area contributed by atoms with Gasteiger partial charge in [0.05, 0.1) is 12.2 Å². The first-order valence-corrected chi connectivity index (χ1v) is 12.3. The molecule has 2 aliphatic rings. The van der Waals surface area contributed by atoms with Crippen LogP contribution in [0.15, 0.2) is 28.9 Å². The number of carbonyl (C=O) groups is 2. The van der Waals surface area contributed by atoms with Gasteiger partial charge in [-0.05, 0) is 69.9 Å². The highest BCUT2D eigenvalue weighted by molar-refractivity contribution is 6.02. The van der Waals surface area contributed by atoms with Crippen LogP contribution in [0.25, 0.3) is 11.0 Å². The third-order valence-corrected chi connectivity index (χ3v) is 6.68. The summed E-state index contributed by atoms with van der Waals surface area (Å²) in [5.41, 5.74) is 2.53. The van der Waals surface area contributed by atoms with Crippen molar-refractivity contribution in [3.63, 3.8) is 0 Å². The average Bonchev–Trinajstić information content (AvgIpc) is 3.22. The van der Waals surface area contributed by atoms with Gasteiger partial charge in [0.15, 0.2) is 0 Å². The van der Waals surface area contributed by atoms with Crippen LogP contribution in [-0.4, -0.2) is 36.3 Å². The number of unbranched alkanes of at least 4 members (excludes halogenated alkanes) is 5. The molecule has 2 amide bonds. The van der Waals surface area contributed by atoms with Gasteiger partial charge in [0.25, 0.3) is 0 Å². The summed E-state index contributed by atoms with van der Waals surface area (Å²) >= 11 is 0. The molecule has 1 atom stereocenters. The fourth-order valence-corrected chi connectivity index (χ4v) is 4.81. The first-order chi connectivity index (χ1) is 15.7. The van der Waals surface area contributed by atoms with Gasteiger partial charge in [-0.3, -0.25) is 14.9 Å². The number of nitrogens with one attached hydrogen (secondary N) is 1. The highest BCUT2D eigenvalue weighted by Crippen LogP contribution is 2.32. The number of amides is 2. The minimum absolute atomic E-state index is 0.201. The summed E-state index contributed by atoms with van der Waals surface area (Å²) in [6.45, 7) is 3.88. The van der Waals surface area contributed by atoms with Crippen molar-refractivity contribution in [1.29, 1.82) is 0 Å².